The van der Waals surface area contributed by atoms with Gasteiger partial charge in [0.05, 0.1) is 0 Å². The molecule has 0 aromatic carbocycles. The molecule has 0 fully saturated rings. The van der Waals surface area contributed by atoms with Crippen molar-refractivity contribution < 1.29 is 28.6 Å². The molecule has 6 heteroatoms. The average Bonchev–Trinajstić information content (AvgIpc) is 3.41. The first-order valence-corrected chi connectivity index (χ1v) is 29.6. The zero-order chi connectivity index (χ0) is 54.3. The fourth-order valence-corrected chi connectivity index (χ4v) is 7.30. The van der Waals surface area contributed by atoms with E-state index in [-0.39, 0.29) is 37.5 Å². The highest BCUT2D eigenvalue weighted by Gasteiger charge is 2.19. The van der Waals surface area contributed by atoms with Gasteiger partial charge in [-0.1, -0.05) is 223 Å². The summed E-state index contributed by atoms with van der Waals surface area (Å²) in [4.78, 5) is 38.2. The van der Waals surface area contributed by atoms with Gasteiger partial charge >= 0.3 is 17.9 Å². The number of ether oxygens (including phenoxy) is 3. The Bertz CT molecular complexity index is 1750. The number of allylic oxidation sites excluding steroid dienone is 28. The molecule has 0 radical (unpaired) electrons. The molecule has 0 spiro atoms. The maximum Gasteiger partial charge on any atom is 0.306 e. The Kier molecular flexibility index (Phi) is 57.0. The highest BCUT2D eigenvalue weighted by Crippen LogP contribution is 2.11. The molecule has 0 heterocycles. The van der Waals surface area contributed by atoms with E-state index in [4.69, 9.17) is 14.2 Å². The Balaban J connectivity index is 4.62. The number of esters is 3. The summed E-state index contributed by atoms with van der Waals surface area (Å²) in [6.45, 7) is 6.28. The third kappa shape index (κ3) is 59.5. The summed E-state index contributed by atoms with van der Waals surface area (Å²) in [6.07, 6.45) is 90.5. The lowest BCUT2D eigenvalue weighted by Gasteiger charge is -2.18. The van der Waals surface area contributed by atoms with E-state index in [1.165, 1.54) is 25.7 Å². The van der Waals surface area contributed by atoms with E-state index in [9.17, 15) is 14.4 Å². The molecule has 0 aliphatic carbocycles. The lowest BCUT2D eigenvalue weighted by atomic mass is 10.1. The topological polar surface area (TPSA) is 78.9 Å². The molecule has 0 rings (SSSR count). The van der Waals surface area contributed by atoms with Crippen LogP contribution in [0, 0.1) is 0 Å². The van der Waals surface area contributed by atoms with Crippen LogP contribution in [0.4, 0.5) is 0 Å². The van der Waals surface area contributed by atoms with Crippen molar-refractivity contribution in [2.75, 3.05) is 13.2 Å². The summed E-state index contributed by atoms with van der Waals surface area (Å²) in [6, 6.07) is 0. The SMILES string of the molecule is CC/C=C\C/C=C\C/C=C\C/C=C\C/C=C\CCCCCC(=O)OC[C@@H](COC(=O)CCCCC/C=C\C/C=C\C/C=C\C/C=C\CCCCC)OC(=O)CCCCC/C=C\C/C=C\C/C=C\C/C=C\C/C=C\CC. The third-order valence-corrected chi connectivity index (χ3v) is 11.7. The summed E-state index contributed by atoms with van der Waals surface area (Å²) >= 11 is 0. The third-order valence-electron chi connectivity index (χ3n) is 11.7. The Hall–Kier alpha value is -5.23. The number of rotatable bonds is 51. The van der Waals surface area contributed by atoms with Gasteiger partial charge in [-0.25, -0.2) is 0 Å². The number of unbranched alkanes of at least 4 members (excludes halogenated alkanes) is 12. The number of hydrogen-bond donors (Lipinski definition) is 0. The minimum Gasteiger partial charge on any atom is -0.462 e. The molecular weight excluding hydrogens is 925 g/mol. The normalized spacial score (nSPS) is 13.4. The molecule has 0 amide bonds. The molecule has 418 valence electrons. The highest BCUT2D eigenvalue weighted by molar-refractivity contribution is 5.71. The van der Waals surface area contributed by atoms with Gasteiger partial charge in [-0.05, 0) is 154 Å². The number of carbonyl (C=O) groups excluding carboxylic acids is 3. The van der Waals surface area contributed by atoms with Crippen LogP contribution in [0.2, 0.25) is 0 Å². The summed E-state index contributed by atoms with van der Waals surface area (Å²) < 4.78 is 16.8. The monoisotopic (exact) mass is 1030 g/mol. The summed E-state index contributed by atoms with van der Waals surface area (Å²) in [5, 5.41) is 0. The molecule has 0 N–H and O–H groups in total. The van der Waals surface area contributed by atoms with Crippen molar-refractivity contribution >= 4 is 17.9 Å². The second kappa shape index (κ2) is 61.3. The lowest BCUT2D eigenvalue weighted by Crippen LogP contribution is -2.30. The molecule has 0 saturated heterocycles. The maximum absolute atomic E-state index is 12.9. The minimum absolute atomic E-state index is 0.128. The van der Waals surface area contributed by atoms with E-state index in [1.807, 2.05) is 0 Å². The van der Waals surface area contributed by atoms with Gasteiger partial charge in [-0.15, -0.1) is 0 Å². The predicted octanol–water partition coefficient (Wildman–Crippen LogP) is 20.3. The summed E-state index contributed by atoms with van der Waals surface area (Å²) in [5.74, 6) is -1.03. The van der Waals surface area contributed by atoms with Gasteiger partial charge in [0, 0.05) is 19.3 Å². The fourth-order valence-electron chi connectivity index (χ4n) is 7.30. The van der Waals surface area contributed by atoms with Crippen LogP contribution in [-0.2, 0) is 28.6 Å². The smallest absolute Gasteiger partial charge is 0.306 e. The zero-order valence-electron chi connectivity index (χ0n) is 47.7. The molecule has 0 saturated carbocycles. The molecule has 6 nitrogen and oxygen atoms in total. The largest absolute Gasteiger partial charge is 0.462 e. The maximum atomic E-state index is 12.9. The van der Waals surface area contributed by atoms with Gasteiger partial charge in [0.1, 0.15) is 13.2 Å². The van der Waals surface area contributed by atoms with Crippen LogP contribution < -0.4 is 0 Å². The standard InChI is InChI=1S/C69H106O6/c1-4-7-10-13-16-19-22-25-28-31-34-37-40-43-46-49-52-55-58-61-67(70)73-64-66(75-69(72)63-60-57-54-51-48-45-42-39-36-33-30-27-24-21-18-15-12-9-6-3)65-74-68(71)62-59-56-53-50-47-44-41-38-35-32-29-26-23-20-17-14-11-8-5-2/h7,9-10,12,16-21,25-30,34-39,43-48,66H,4-6,8,11,13-15,22-24,31-33,40-42,49-65H2,1-3H3/b10-7-,12-9-,19-16-,20-17-,21-18-,28-25-,29-26-,30-27-,37-34-,38-35-,39-36-,46-43-,47-44-,48-45-/t66-/m0/s1. The van der Waals surface area contributed by atoms with E-state index >= 15 is 0 Å². The summed E-state index contributed by atoms with van der Waals surface area (Å²) in [7, 11) is 0. The fraction of sp³-hybridized carbons (Fsp3) is 0.551. The number of carbonyl (C=O) groups is 3. The van der Waals surface area contributed by atoms with Gasteiger partial charge in [-0.3, -0.25) is 14.4 Å². The van der Waals surface area contributed by atoms with Crippen LogP contribution in [0.3, 0.4) is 0 Å². The Morgan fingerprint density at radius 2 is 0.520 bits per heavy atom. The van der Waals surface area contributed by atoms with Crippen molar-refractivity contribution in [2.45, 2.75) is 232 Å². The van der Waals surface area contributed by atoms with Crippen LogP contribution in [-0.4, -0.2) is 37.2 Å². The molecule has 75 heavy (non-hydrogen) atoms. The van der Waals surface area contributed by atoms with Crippen LogP contribution in [0.15, 0.2) is 170 Å². The van der Waals surface area contributed by atoms with Gasteiger partial charge < -0.3 is 14.2 Å². The zero-order valence-corrected chi connectivity index (χ0v) is 47.7. The number of hydrogen-bond acceptors (Lipinski definition) is 6. The second-order valence-corrected chi connectivity index (χ2v) is 18.8. The Labute approximate surface area is 460 Å². The van der Waals surface area contributed by atoms with Crippen LogP contribution in [0.1, 0.15) is 226 Å². The Morgan fingerprint density at radius 3 is 0.787 bits per heavy atom. The van der Waals surface area contributed by atoms with Gasteiger partial charge in [0.2, 0.25) is 0 Å². The van der Waals surface area contributed by atoms with Crippen LogP contribution in [0.25, 0.3) is 0 Å². The van der Waals surface area contributed by atoms with Gasteiger partial charge in [0.25, 0.3) is 0 Å². The average molecular weight is 1030 g/mol. The van der Waals surface area contributed by atoms with E-state index < -0.39 is 6.10 Å². The van der Waals surface area contributed by atoms with Gasteiger partial charge in [-0.2, -0.15) is 0 Å². The van der Waals surface area contributed by atoms with E-state index in [2.05, 4.69) is 191 Å². The molecule has 0 aromatic rings. The molecule has 0 aliphatic heterocycles. The van der Waals surface area contributed by atoms with Gasteiger partial charge in [0.15, 0.2) is 6.10 Å². The van der Waals surface area contributed by atoms with Crippen molar-refractivity contribution in [2.24, 2.45) is 0 Å². The minimum atomic E-state index is -0.834. The second-order valence-electron chi connectivity index (χ2n) is 18.8. The van der Waals surface area contributed by atoms with Crippen molar-refractivity contribution in [1.29, 1.82) is 0 Å². The molecule has 0 bridgehead atoms. The molecule has 0 aromatic heterocycles. The quantitative estimate of drug-likeness (QED) is 0.0261. The van der Waals surface area contributed by atoms with Crippen molar-refractivity contribution in [1.82, 2.24) is 0 Å². The Morgan fingerprint density at radius 1 is 0.280 bits per heavy atom. The first-order valence-electron chi connectivity index (χ1n) is 29.6. The predicted molar refractivity (Wildman–Crippen MR) is 325 cm³/mol. The first-order chi connectivity index (χ1) is 37.0. The molecule has 1 atom stereocenters. The van der Waals surface area contributed by atoms with E-state index in [1.54, 1.807) is 0 Å². The summed E-state index contributed by atoms with van der Waals surface area (Å²) in [5.41, 5.74) is 0. The van der Waals surface area contributed by atoms with Crippen molar-refractivity contribution in [3.05, 3.63) is 170 Å². The molecule has 0 unspecified atom stereocenters. The lowest BCUT2D eigenvalue weighted by molar-refractivity contribution is -0.167. The van der Waals surface area contributed by atoms with E-state index in [0.717, 1.165) is 154 Å². The molecule has 0 aliphatic rings. The molecular formula is C69H106O6. The van der Waals surface area contributed by atoms with Crippen molar-refractivity contribution in [3.63, 3.8) is 0 Å². The first kappa shape index (κ1) is 69.8. The van der Waals surface area contributed by atoms with Crippen LogP contribution in [0.5, 0.6) is 0 Å². The van der Waals surface area contributed by atoms with Crippen molar-refractivity contribution in [3.8, 4) is 0 Å². The van der Waals surface area contributed by atoms with E-state index in [0.29, 0.717) is 19.3 Å². The highest BCUT2D eigenvalue weighted by atomic mass is 16.6. The van der Waals surface area contributed by atoms with Crippen LogP contribution >= 0.6 is 0 Å².